The van der Waals surface area contributed by atoms with Gasteiger partial charge < -0.3 is 15.1 Å². The number of aromatic hydroxyl groups is 1. The number of hydrogen-bond donors (Lipinski definition) is 2. The molecule has 28 heavy (non-hydrogen) atoms. The highest BCUT2D eigenvalue weighted by Crippen LogP contribution is 2.38. The molecule has 0 bridgehead atoms. The van der Waals surface area contributed by atoms with Crippen molar-refractivity contribution in [2.75, 3.05) is 26.2 Å². The van der Waals surface area contributed by atoms with Crippen molar-refractivity contribution in [3.05, 3.63) is 41.1 Å². The van der Waals surface area contributed by atoms with Crippen molar-refractivity contribution in [1.82, 2.24) is 15.1 Å². The van der Waals surface area contributed by atoms with Crippen molar-refractivity contribution >= 4 is 0 Å². The van der Waals surface area contributed by atoms with Gasteiger partial charge in [-0.1, -0.05) is 0 Å². The maximum absolute atomic E-state index is 12.9. The second-order valence-corrected chi connectivity index (χ2v) is 7.33. The zero-order chi connectivity index (χ0) is 20.3. The third kappa shape index (κ3) is 4.80. The molecule has 1 aliphatic heterocycles. The molecule has 0 radical (unpaired) electrons. The molecule has 0 saturated carbocycles. The van der Waals surface area contributed by atoms with Crippen LogP contribution in [0.15, 0.2) is 24.3 Å². The van der Waals surface area contributed by atoms with E-state index in [1.54, 1.807) is 6.07 Å². The number of nitrogens with zero attached hydrogens (tertiary/aromatic N) is 3. The Balaban J connectivity index is 1.74. The van der Waals surface area contributed by atoms with Gasteiger partial charge in [0.15, 0.2) is 0 Å². The Labute approximate surface area is 161 Å². The lowest BCUT2D eigenvalue weighted by Gasteiger charge is -2.32. The van der Waals surface area contributed by atoms with E-state index in [0.29, 0.717) is 23.7 Å². The number of alkyl halides is 3. The van der Waals surface area contributed by atoms with Crippen LogP contribution in [-0.2, 0) is 12.6 Å². The number of halogens is 3. The maximum Gasteiger partial charge on any atom is 0.416 e. The number of aryl methyl sites for hydroxylation is 1. The smallest absolute Gasteiger partial charge is 0.416 e. The van der Waals surface area contributed by atoms with Gasteiger partial charge in [0.25, 0.3) is 0 Å². The third-order valence-corrected chi connectivity index (χ3v) is 5.14. The summed E-state index contributed by atoms with van der Waals surface area (Å²) in [6.07, 6.45) is -1.59. The first-order chi connectivity index (χ1) is 13.3. The summed E-state index contributed by atoms with van der Waals surface area (Å²) in [5.41, 5.74) is 0.822. The van der Waals surface area contributed by atoms with Crippen LogP contribution in [0.1, 0.15) is 29.7 Å². The minimum Gasteiger partial charge on any atom is -0.507 e. The van der Waals surface area contributed by atoms with Gasteiger partial charge in [0.1, 0.15) is 5.75 Å². The van der Waals surface area contributed by atoms with Gasteiger partial charge in [-0.15, -0.1) is 0 Å². The number of likely N-dealkylation sites (tertiary alicyclic amines) is 1. The fourth-order valence-electron chi connectivity index (χ4n) is 3.83. The molecule has 1 fully saturated rings. The predicted octanol–water partition coefficient (Wildman–Crippen LogP) is 3.42. The van der Waals surface area contributed by atoms with Gasteiger partial charge in [0.05, 0.1) is 23.6 Å². The Morgan fingerprint density at radius 2 is 2.00 bits per heavy atom. The second-order valence-electron chi connectivity index (χ2n) is 7.33. The van der Waals surface area contributed by atoms with Crippen molar-refractivity contribution in [1.29, 1.82) is 0 Å². The van der Waals surface area contributed by atoms with Crippen molar-refractivity contribution in [3.63, 3.8) is 0 Å². The number of aliphatic hydroxyl groups excluding tert-OH is 1. The molecule has 5 nitrogen and oxygen atoms in total. The van der Waals surface area contributed by atoms with E-state index in [-0.39, 0.29) is 12.2 Å². The standard InChI is InChI=1S/C20H24F3N3O2/c1-13-9-15(20(21,22)23)11-18(28)19(13)17-5-4-16(24-25-17)10-14-3-2-6-26(12-14)7-8-27/h4-5,9,11,14,27-28H,2-3,6-8,10,12H2,1H3/t14-/m1/s1. The number of phenolic OH excluding ortho intramolecular Hbond substituents is 1. The number of piperidine rings is 1. The van der Waals surface area contributed by atoms with Crippen LogP contribution in [0.25, 0.3) is 11.3 Å². The van der Waals surface area contributed by atoms with Crippen molar-refractivity contribution in [2.45, 2.75) is 32.4 Å². The molecule has 3 rings (SSSR count). The zero-order valence-corrected chi connectivity index (χ0v) is 15.7. The number of rotatable bonds is 5. The van der Waals surface area contributed by atoms with Crippen LogP contribution >= 0.6 is 0 Å². The topological polar surface area (TPSA) is 69.5 Å². The third-order valence-electron chi connectivity index (χ3n) is 5.14. The number of benzene rings is 1. The molecule has 8 heteroatoms. The number of hydrogen-bond acceptors (Lipinski definition) is 5. The highest BCUT2D eigenvalue weighted by molar-refractivity contribution is 5.71. The molecule has 0 unspecified atom stereocenters. The fraction of sp³-hybridized carbons (Fsp3) is 0.500. The number of β-amino-alcohol motifs (C(OH)–C–C–N with tert-alkyl or cyclic N) is 1. The molecule has 2 heterocycles. The van der Waals surface area contributed by atoms with Gasteiger partial charge >= 0.3 is 6.18 Å². The molecule has 1 aromatic carbocycles. The molecule has 2 aromatic rings. The number of phenols is 1. The van der Waals surface area contributed by atoms with Crippen molar-refractivity contribution in [3.8, 4) is 17.0 Å². The van der Waals surface area contributed by atoms with Gasteiger partial charge in [-0.2, -0.15) is 23.4 Å². The Kier molecular flexibility index (Phi) is 6.20. The van der Waals surface area contributed by atoms with Crippen LogP contribution in [0.3, 0.4) is 0 Å². The molecule has 0 aliphatic carbocycles. The summed E-state index contributed by atoms with van der Waals surface area (Å²) in [7, 11) is 0. The fourth-order valence-corrected chi connectivity index (χ4v) is 3.83. The Morgan fingerprint density at radius 3 is 2.61 bits per heavy atom. The molecule has 1 saturated heterocycles. The van der Waals surface area contributed by atoms with Crippen LogP contribution in [0.2, 0.25) is 0 Å². The summed E-state index contributed by atoms with van der Waals surface area (Å²) in [5.74, 6) is -0.0250. The molecule has 1 aromatic heterocycles. The number of aromatic nitrogens is 2. The Morgan fingerprint density at radius 1 is 1.21 bits per heavy atom. The van der Waals surface area contributed by atoms with E-state index < -0.39 is 17.5 Å². The molecule has 1 atom stereocenters. The minimum atomic E-state index is -4.51. The lowest BCUT2D eigenvalue weighted by molar-refractivity contribution is -0.137. The van der Waals surface area contributed by atoms with Crippen LogP contribution in [0, 0.1) is 12.8 Å². The van der Waals surface area contributed by atoms with Crippen molar-refractivity contribution in [2.24, 2.45) is 5.92 Å². The first kappa shape index (κ1) is 20.5. The van der Waals surface area contributed by atoms with Crippen molar-refractivity contribution < 1.29 is 23.4 Å². The summed E-state index contributed by atoms with van der Waals surface area (Å²) >= 11 is 0. The van der Waals surface area contributed by atoms with E-state index in [4.69, 9.17) is 5.11 Å². The van der Waals surface area contributed by atoms with E-state index in [0.717, 1.165) is 50.2 Å². The quantitative estimate of drug-likeness (QED) is 0.812. The molecule has 0 spiro atoms. The highest BCUT2D eigenvalue weighted by Gasteiger charge is 2.32. The highest BCUT2D eigenvalue weighted by atomic mass is 19.4. The van der Waals surface area contributed by atoms with Crippen LogP contribution in [0.4, 0.5) is 13.2 Å². The van der Waals surface area contributed by atoms with Gasteiger partial charge in [-0.25, -0.2) is 0 Å². The summed E-state index contributed by atoms with van der Waals surface area (Å²) in [6, 6.07) is 5.22. The average molecular weight is 395 g/mol. The van der Waals surface area contributed by atoms with Gasteiger partial charge in [0.2, 0.25) is 0 Å². The zero-order valence-electron chi connectivity index (χ0n) is 15.7. The van der Waals surface area contributed by atoms with Crippen LogP contribution < -0.4 is 0 Å². The summed E-state index contributed by atoms with van der Waals surface area (Å²) in [5, 5.41) is 27.6. The van der Waals surface area contributed by atoms with Gasteiger partial charge in [0, 0.05) is 18.7 Å². The summed E-state index contributed by atoms with van der Waals surface area (Å²) < 4.78 is 38.6. The molecule has 1 aliphatic rings. The van der Waals surface area contributed by atoms with Gasteiger partial charge in [-0.05, 0) is 68.5 Å². The predicted molar refractivity (Wildman–Crippen MR) is 98.8 cm³/mol. The molecule has 152 valence electrons. The first-order valence-electron chi connectivity index (χ1n) is 9.35. The molecular weight excluding hydrogens is 371 g/mol. The SMILES string of the molecule is Cc1cc(C(F)(F)F)cc(O)c1-c1ccc(C[C@H]2CCCN(CCO)C2)nn1. The first-order valence-corrected chi connectivity index (χ1v) is 9.35. The largest absolute Gasteiger partial charge is 0.507 e. The molecule has 0 amide bonds. The van der Waals surface area contributed by atoms with E-state index in [2.05, 4.69) is 15.1 Å². The van der Waals surface area contributed by atoms with Crippen LogP contribution in [-0.4, -0.2) is 51.6 Å². The Hall–Kier alpha value is -2.19. The van der Waals surface area contributed by atoms with E-state index in [1.165, 1.54) is 6.92 Å². The monoisotopic (exact) mass is 395 g/mol. The van der Waals surface area contributed by atoms with E-state index >= 15 is 0 Å². The maximum atomic E-state index is 12.9. The normalized spacial score (nSPS) is 18.4. The Bertz CT molecular complexity index is 784. The van der Waals surface area contributed by atoms with Gasteiger partial charge in [-0.3, -0.25) is 0 Å². The van der Waals surface area contributed by atoms with E-state index in [1.807, 2.05) is 6.07 Å². The number of aliphatic hydroxyl groups is 1. The lowest BCUT2D eigenvalue weighted by atomic mass is 9.93. The summed E-state index contributed by atoms with van der Waals surface area (Å²) in [6.45, 7) is 4.24. The van der Waals surface area contributed by atoms with Crippen LogP contribution in [0.5, 0.6) is 5.75 Å². The summed E-state index contributed by atoms with van der Waals surface area (Å²) in [4.78, 5) is 2.24. The molecule has 2 N–H and O–H groups in total. The molecular formula is C20H24F3N3O2. The van der Waals surface area contributed by atoms with E-state index in [9.17, 15) is 18.3 Å². The minimum absolute atomic E-state index is 0.150. The average Bonchev–Trinajstić information content (AvgIpc) is 2.62. The lowest BCUT2D eigenvalue weighted by Crippen LogP contribution is -2.38. The second kappa shape index (κ2) is 8.45.